The van der Waals surface area contributed by atoms with Gasteiger partial charge in [0.2, 0.25) is 5.91 Å². The van der Waals surface area contributed by atoms with E-state index in [0.717, 1.165) is 10.9 Å². The molecule has 1 atom stereocenters. The molecule has 106 valence electrons. The van der Waals surface area contributed by atoms with Crippen LogP contribution >= 0.6 is 0 Å². The van der Waals surface area contributed by atoms with E-state index in [1.807, 2.05) is 0 Å². The number of benzene rings is 1. The highest BCUT2D eigenvalue weighted by molar-refractivity contribution is 5.80. The number of primary amides is 1. The van der Waals surface area contributed by atoms with Crippen LogP contribution in [0.5, 0.6) is 0 Å². The first-order chi connectivity index (χ1) is 10.1. The molecule has 2 aromatic heterocycles. The van der Waals surface area contributed by atoms with Crippen LogP contribution < -0.4 is 5.73 Å². The second-order valence-electron chi connectivity index (χ2n) is 4.84. The van der Waals surface area contributed by atoms with Crippen LogP contribution in [-0.4, -0.2) is 21.1 Å². The number of nitrogens with two attached hydrogens (primary N) is 1. The average molecular weight is 284 g/mol. The molecule has 1 amide bonds. The molecule has 1 aromatic carbocycles. The molecule has 0 spiro atoms. The van der Waals surface area contributed by atoms with Crippen molar-refractivity contribution in [1.29, 1.82) is 0 Å². The maximum Gasteiger partial charge on any atom is 0.218 e. The Morgan fingerprint density at radius 2 is 2.24 bits per heavy atom. The molecule has 2 heterocycles. The summed E-state index contributed by atoms with van der Waals surface area (Å²) in [6, 6.07) is 6.62. The molecule has 6 heteroatoms. The van der Waals surface area contributed by atoms with Crippen LogP contribution in [0.4, 0.5) is 4.39 Å². The smallest absolute Gasteiger partial charge is 0.218 e. The topological polar surface area (TPSA) is 84.7 Å². The number of aromatic nitrogens is 3. The first kappa shape index (κ1) is 13.2. The molecule has 0 fully saturated rings. The van der Waals surface area contributed by atoms with Crippen molar-refractivity contribution in [3.63, 3.8) is 0 Å². The summed E-state index contributed by atoms with van der Waals surface area (Å²) in [6.45, 7) is 0. The van der Waals surface area contributed by atoms with Gasteiger partial charge in [-0.15, -0.1) is 0 Å². The van der Waals surface area contributed by atoms with Gasteiger partial charge in [0.1, 0.15) is 5.82 Å². The van der Waals surface area contributed by atoms with Crippen LogP contribution in [-0.2, 0) is 4.79 Å². The quantitative estimate of drug-likeness (QED) is 0.769. The fourth-order valence-electron chi connectivity index (χ4n) is 2.44. The monoisotopic (exact) mass is 284 g/mol. The van der Waals surface area contributed by atoms with Crippen LogP contribution in [0.25, 0.3) is 10.9 Å². The first-order valence-electron chi connectivity index (χ1n) is 6.46. The van der Waals surface area contributed by atoms with Crippen molar-refractivity contribution in [3.8, 4) is 0 Å². The molecule has 0 aliphatic heterocycles. The van der Waals surface area contributed by atoms with Crippen LogP contribution in [0.1, 0.15) is 23.5 Å². The van der Waals surface area contributed by atoms with Crippen molar-refractivity contribution in [2.24, 2.45) is 5.73 Å². The Morgan fingerprint density at radius 3 is 2.95 bits per heavy atom. The molecule has 3 rings (SSSR count). The fourth-order valence-corrected chi connectivity index (χ4v) is 2.44. The summed E-state index contributed by atoms with van der Waals surface area (Å²) >= 11 is 0. The number of hydrogen-bond acceptors (Lipinski definition) is 3. The SMILES string of the molecule is NC(=O)CC(c1cccnc1)c1cc2cn[nH]c2cc1F. The zero-order chi connectivity index (χ0) is 14.8. The minimum absolute atomic E-state index is 0.0198. The van der Waals surface area contributed by atoms with Gasteiger partial charge < -0.3 is 5.73 Å². The van der Waals surface area contributed by atoms with Gasteiger partial charge >= 0.3 is 0 Å². The van der Waals surface area contributed by atoms with Gasteiger partial charge in [0.15, 0.2) is 0 Å². The number of amides is 1. The lowest BCUT2D eigenvalue weighted by Crippen LogP contribution is -2.17. The van der Waals surface area contributed by atoms with Crippen molar-refractivity contribution >= 4 is 16.8 Å². The highest BCUT2D eigenvalue weighted by Gasteiger charge is 2.21. The van der Waals surface area contributed by atoms with Gasteiger partial charge in [0.25, 0.3) is 0 Å². The number of nitrogens with zero attached hydrogens (tertiary/aromatic N) is 2. The number of H-pyrrole nitrogens is 1. The van der Waals surface area contributed by atoms with Gasteiger partial charge in [-0.2, -0.15) is 5.10 Å². The van der Waals surface area contributed by atoms with Gasteiger partial charge in [0, 0.05) is 30.1 Å². The molecule has 0 saturated carbocycles. The number of aromatic amines is 1. The van der Waals surface area contributed by atoms with E-state index in [-0.39, 0.29) is 6.42 Å². The van der Waals surface area contributed by atoms with Gasteiger partial charge in [-0.1, -0.05) is 6.07 Å². The van der Waals surface area contributed by atoms with E-state index in [0.29, 0.717) is 11.1 Å². The zero-order valence-corrected chi connectivity index (χ0v) is 11.1. The molecule has 3 N–H and O–H groups in total. The number of nitrogens with one attached hydrogen (secondary N) is 1. The molecule has 0 aliphatic carbocycles. The molecule has 0 radical (unpaired) electrons. The summed E-state index contributed by atoms with van der Waals surface area (Å²) in [4.78, 5) is 15.4. The molecule has 0 aliphatic rings. The second kappa shape index (κ2) is 5.32. The Bertz CT molecular complexity index is 785. The summed E-state index contributed by atoms with van der Waals surface area (Å²) in [7, 11) is 0. The van der Waals surface area contributed by atoms with E-state index >= 15 is 0 Å². The number of pyridine rings is 1. The fraction of sp³-hybridized carbons (Fsp3) is 0.133. The molecule has 0 bridgehead atoms. The van der Waals surface area contributed by atoms with Crippen molar-refractivity contribution in [1.82, 2.24) is 15.2 Å². The third-order valence-corrected chi connectivity index (χ3v) is 3.42. The number of rotatable bonds is 4. The van der Waals surface area contributed by atoms with Crippen molar-refractivity contribution < 1.29 is 9.18 Å². The minimum Gasteiger partial charge on any atom is -0.370 e. The van der Waals surface area contributed by atoms with E-state index in [4.69, 9.17) is 5.73 Å². The van der Waals surface area contributed by atoms with Gasteiger partial charge in [-0.05, 0) is 29.3 Å². The lowest BCUT2D eigenvalue weighted by Gasteiger charge is -2.17. The summed E-state index contributed by atoms with van der Waals surface area (Å²) in [5.74, 6) is -1.35. The van der Waals surface area contributed by atoms with Gasteiger partial charge in [-0.25, -0.2) is 4.39 Å². The standard InChI is InChI=1S/C15H13FN4O/c16-13-6-14-10(8-19-20-14)4-12(13)11(5-15(17)21)9-2-1-3-18-7-9/h1-4,6-8,11H,5H2,(H2,17,21)(H,19,20). The second-order valence-corrected chi connectivity index (χ2v) is 4.84. The highest BCUT2D eigenvalue weighted by Crippen LogP contribution is 2.31. The molecular weight excluding hydrogens is 271 g/mol. The number of carbonyl (C=O) groups excluding carboxylic acids is 1. The first-order valence-corrected chi connectivity index (χ1v) is 6.46. The zero-order valence-electron chi connectivity index (χ0n) is 11.1. The number of fused-ring (bicyclic) bond motifs is 1. The molecule has 3 aromatic rings. The molecule has 21 heavy (non-hydrogen) atoms. The summed E-state index contributed by atoms with van der Waals surface area (Å²) < 4.78 is 14.4. The third kappa shape index (κ3) is 2.60. The maximum absolute atomic E-state index is 14.4. The van der Waals surface area contributed by atoms with E-state index in [2.05, 4.69) is 15.2 Å². The Hall–Kier alpha value is -2.76. The molecular formula is C15H13FN4O. The average Bonchev–Trinajstić information content (AvgIpc) is 2.92. The normalized spacial score (nSPS) is 12.4. The van der Waals surface area contributed by atoms with Crippen LogP contribution in [0, 0.1) is 5.82 Å². The van der Waals surface area contributed by atoms with Gasteiger partial charge in [0.05, 0.1) is 11.7 Å². The largest absolute Gasteiger partial charge is 0.370 e. The van der Waals surface area contributed by atoms with Crippen molar-refractivity contribution in [2.75, 3.05) is 0 Å². The molecule has 1 unspecified atom stereocenters. The van der Waals surface area contributed by atoms with Crippen LogP contribution in [0.3, 0.4) is 0 Å². The van der Waals surface area contributed by atoms with E-state index in [9.17, 15) is 9.18 Å². The Morgan fingerprint density at radius 1 is 1.38 bits per heavy atom. The van der Waals surface area contributed by atoms with E-state index in [1.165, 1.54) is 6.07 Å². The van der Waals surface area contributed by atoms with Crippen molar-refractivity contribution in [3.05, 3.63) is 59.8 Å². The Kier molecular flexibility index (Phi) is 3.35. The van der Waals surface area contributed by atoms with E-state index in [1.54, 1.807) is 36.8 Å². The summed E-state index contributed by atoms with van der Waals surface area (Å²) in [6.07, 6.45) is 4.88. The predicted octanol–water partition coefficient (Wildman–Crippen LogP) is 2.10. The van der Waals surface area contributed by atoms with Crippen LogP contribution in [0.2, 0.25) is 0 Å². The third-order valence-electron chi connectivity index (χ3n) is 3.42. The number of carbonyl (C=O) groups is 1. The molecule has 0 saturated heterocycles. The highest BCUT2D eigenvalue weighted by atomic mass is 19.1. The van der Waals surface area contributed by atoms with E-state index < -0.39 is 17.6 Å². The van der Waals surface area contributed by atoms with Crippen LogP contribution in [0.15, 0.2) is 42.9 Å². The summed E-state index contributed by atoms with van der Waals surface area (Å²) in [5.41, 5.74) is 7.08. The lowest BCUT2D eigenvalue weighted by atomic mass is 9.88. The lowest BCUT2D eigenvalue weighted by molar-refractivity contribution is -0.118. The number of hydrogen-bond donors (Lipinski definition) is 2. The van der Waals surface area contributed by atoms with Crippen molar-refractivity contribution in [2.45, 2.75) is 12.3 Å². The minimum atomic E-state index is -0.490. The predicted molar refractivity (Wildman–Crippen MR) is 75.9 cm³/mol. The van der Waals surface area contributed by atoms with Gasteiger partial charge in [-0.3, -0.25) is 14.9 Å². The molecule has 5 nitrogen and oxygen atoms in total. The number of halogens is 1. The maximum atomic E-state index is 14.4. The Labute approximate surface area is 120 Å². The Balaban J connectivity index is 2.13. The summed E-state index contributed by atoms with van der Waals surface area (Å²) in [5, 5.41) is 7.38.